The summed E-state index contributed by atoms with van der Waals surface area (Å²) in [5.41, 5.74) is -1.07. The van der Waals surface area contributed by atoms with E-state index in [1.807, 2.05) is 36.0 Å². The molecule has 1 aromatic heterocycles. The molecule has 0 aliphatic rings. The number of guanidine groups is 1. The van der Waals surface area contributed by atoms with E-state index < -0.39 is 17.6 Å². The van der Waals surface area contributed by atoms with Gasteiger partial charge in [0.05, 0.1) is 12.1 Å². The average molecular weight is 484 g/mol. The lowest BCUT2D eigenvalue weighted by molar-refractivity contribution is -0.138. The van der Waals surface area contributed by atoms with Crippen LogP contribution in [-0.2, 0) is 19.3 Å². The van der Waals surface area contributed by atoms with Gasteiger partial charge in [0, 0.05) is 32.0 Å². The Morgan fingerprint density at radius 2 is 1.85 bits per heavy atom. The Labute approximate surface area is 166 Å². The summed E-state index contributed by atoms with van der Waals surface area (Å²) in [6.45, 7) is 3.50. The van der Waals surface area contributed by atoms with Crippen molar-refractivity contribution in [3.8, 4) is 0 Å². The first-order chi connectivity index (χ1) is 11.9. The van der Waals surface area contributed by atoms with E-state index in [4.69, 9.17) is 0 Å². The first-order valence-corrected chi connectivity index (χ1v) is 7.88. The molecule has 0 atom stereocenters. The summed E-state index contributed by atoms with van der Waals surface area (Å²) in [7, 11) is 0. The minimum absolute atomic E-state index is 0. The van der Waals surface area contributed by atoms with Gasteiger partial charge in [0.2, 0.25) is 0 Å². The molecule has 0 amide bonds. The minimum atomic E-state index is -4.62. The summed E-state index contributed by atoms with van der Waals surface area (Å²) in [5, 5.41) is 6.04. The number of benzene rings is 1. The van der Waals surface area contributed by atoms with E-state index in [-0.39, 0.29) is 36.1 Å². The van der Waals surface area contributed by atoms with Gasteiger partial charge >= 0.3 is 6.18 Å². The van der Waals surface area contributed by atoms with Crippen LogP contribution < -0.4 is 10.6 Å². The lowest BCUT2D eigenvalue weighted by Gasteiger charge is -2.14. The molecule has 4 nitrogen and oxygen atoms in total. The Bertz CT molecular complexity index is 699. The van der Waals surface area contributed by atoms with Crippen LogP contribution in [0.15, 0.2) is 47.7 Å². The molecular formula is C17H21F4IN4. The summed E-state index contributed by atoms with van der Waals surface area (Å²) in [4.78, 5) is 4.17. The maximum Gasteiger partial charge on any atom is 0.416 e. The smallest absolute Gasteiger partial charge is 0.357 e. The van der Waals surface area contributed by atoms with Crippen molar-refractivity contribution in [1.29, 1.82) is 0 Å². The topological polar surface area (TPSA) is 41.4 Å². The fourth-order valence-electron chi connectivity index (χ4n) is 2.28. The van der Waals surface area contributed by atoms with Gasteiger partial charge in [0.15, 0.2) is 5.96 Å². The van der Waals surface area contributed by atoms with Crippen LogP contribution in [0.3, 0.4) is 0 Å². The van der Waals surface area contributed by atoms with Crippen LogP contribution in [0, 0.1) is 5.82 Å². The monoisotopic (exact) mass is 484 g/mol. The van der Waals surface area contributed by atoms with Crippen LogP contribution in [0.1, 0.15) is 18.1 Å². The number of nitrogens with one attached hydrogen (secondary N) is 2. The maximum absolute atomic E-state index is 13.1. The summed E-state index contributed by atoms with van der Waals surface area (Å²) in [5.74, 6) is -0.510. The standard InChI is InChI=1S/C17H20F4N4.HI/c1-2-22-16(23-7-10-25-8-3-4-9-25)24-12-13-5-6-14(18)11-15(13)17(19,20)21;/h3-6,8-9,11H,2,7,10,12H2,1H3,(H2,22,23,24);1H. The summed E-state index contributed by atoms with van der Waals surface area (Å²) in [6.07, 6.45) is -0.785. The first-order valence-electron chi connectivity index (χ1n) is 7.88. The highest BCUT2D eigenvalue weighted by Gasteiger charge is 2.33. The van der Waals surface area contributed by atoms with Crippen LogP contribution in [0.5, 0.6) is 0 Å². The zero-order chi connectivity index (χ0) is 18.3. The molecule has 0 spiro atoms. The molecule has 2 N–H and O–H groups in total. The maximum atomic E-state index is 13.1. The van der Waals surface area contributed by atoms with Crippen molar-refractivity contribution >= 4 is 29.9 Å². The molecule has 0 fully saturated rings. The van der Waals surface area contributed by atoms with E-state index in [1.54, 1.807) is 0 Å². The molecule has 0 radical (unpaired) electrons. The van der Waals surface area contributed by atoms with Crippen molar-refractivity contribution in [1.82, 2.24) is 15.2 Å². The Kier molecular flexibility index (Phi) is 8.89. The molecule has 0 bridgehead atoms. The highest BCUT2D eigenvalue weighted by atomic mass is 127. The minimum Gasteiger partial charge on any atom is -0.357 e. The van der Waals surface area contributed by atoms with Crippen molar-refractivity contribution in [2.45, 2.75) is 26.2 Å². The van der Waals surface area contributed by atoms with Gasteiger partial charge in [-0.1, -0.05) is 6.07 Å². The normalized spacial score (nSPS) is 11.8. The van der Waals surface area contributed by atoms with Crippen molar-refractivity contribution in [3.05, 3.63) is 59.7 Å². The van der Waals surface area contributed by atoms with E-state index in [1.165, 1.54) is 0 Å². The lowest BCUT2D eigenvalue weighted by Crippen LogP contribution is -2.38. The van der Waals surface area contributed by atoms with Crippen molar-refractivity contribution in [3.63, 3.8) is 0 Å². The Balaban J connectivity index is 0.00000338. The number of nitrogens with zero attached hydrogens (tertiary/aromatic N) is 2. The second kappa shape index (κ2) is 10.4. The quantitative estimate of drug-likeness (QED) is 0.282. The van der Waals surface area contributed by atoms with Crippen molar-refractivity contribution in [2.24, 2.45) is 4.99 Å². The van der Waals surface area contributed by atoms with Crippen LogP contribution in [-0.4, -0.2) is 23.6 Å². The Morgan fingerprint density at radius 1 is 1.15 bits per heavy atom. The number of alkyl halides is 3. The van der Waals surface area contributed by atoms with Crippen LogP contribution in [0.2, 0.25) is 0 Å². The molecule has 0 aliphatic heterocycles. The van der Waals surface area contributed by atoms with Gasteiger partial charge in [0.25, 0.3) is 0 Å². The van der Waals surface area contributed by atoms with Gasteiger partial charge in [-0.2, -0.15) is 13.2 Å². The van der Waals surface area contributed by atoms with Crippen LogP contribution >= 0.6 is 24.0 Å². The molecule has 1 aromatic carbocycles. The SMILES string of the molecule is CCNC(=NCc1ccc(F)cc1C(F)(F)F)NCCn1cccc1.I. The van der Waals surface area contributed by atoms with Gasteiger partial charge in [-0.05, 0) is 36.8 Å². The van der Waals surface area contributed by atoms with E-state index >= 15 is 0 Å². The second-order valence-electron chi connectivity index (χ2n) is 5.34. The summed E-state index contributed by atoms with van der Waals surface area (Å²) in [6, 6.07) is 6.44. The number of aliphatic imine (C=N–C) groups is 1. The Hall–Kier alpha value is -1.78. The van der Waals surface area contributed by atoms with E-state index in [2.05, 4.69) is 15.6 Å². The second-order valence-corrected chi connectivity index (χ2v) is 5.34. The third kappa shape index (κ3) is 6.85. The fourth-order valence-corrected chi connectivity index (χ4v) is 2.28. The number of aromatic nitrogens is 1. The Morgan fingerprint density at radius 3 is 2.46 bits per heavy atom. The molecule has 2 aromatic rings. The molecule has 144 valence electrons. The number of rotatable bonds is 6. The highest BCUT2D eigenvalue weighted by molar-refractivity contribution is 14.0. The summed E-state index contributed by atoms with van der Waals surface area (Å²) >= 11 is 0. The molecule has 2 rings (SSSR count). The third-order valence-electron chi connectivity index (χ3n) is 3.46. The van der Waals surface area contributed by atoms with E-state index in [0.29, 0.717) is 31.7 Å². The predicted octanol–water partition coefficient (Wildman–Crippen LogP) is 4.02. The molecule has 0 aliphatic carbocycles. The zero-order valence-corrected chi connectivity index (χ0v) is 16.5. The average Bonchev–Trinajstić information content (AvgIpc) is 3.06. The van der Waals surface area contributed by atoms with Crippen LogP contribution in [0.25, 0.3) is 0 Å². The first kappa shape index (κ1) is 22.3. The molecule has 9 heteroatoms. The number of hydrogen-bond donors (Lipinski definition) is 2. The molecule has 0 saturated heterocycles. The number of halogens is 5. The van der Waals surface area contributed by atoms with Gasteiger partial charge in [0.1, 0.15) is 5.82 Å². The number of hydrogen-bond acceptors (Lipinski definition) is 1. The summed E-state index contributed by atoms with van der Waals surface area (Å²) < 4.78 is 54.1. The molecule has 0 unspecified atom stereocenters. The van der Waals surface area contributed by atoms with E-state index in [0.717, 1.165) is 12.1 Å². The van der Waals surface area contributed by atoms with Crippen molar-refractivity contribution in [2.75, 3.05) is 13.1 Å². The zero-order valence-electron chi connectivity index (χ0n) is 14.2. The molecule has 0 saturated carbocycles. The van der Waals surface area contributed by atoms with Gasteiger partial charge < -0.3 is 15.2 Å². The fraction of sp³-hybridized carbons (Fsp3) is 0.353. The largest absolute Gasteiger partial charge is 0.416 e. The molecule has 1 heterocycles. The van der Waals surface area contributed by atoms with E-state index in [9.17, 15) is 17.6 Å². The molecular weight excluding hydrogens is 463 g/mol. The van der Waals surface area contributed by atoms with Crippen molar-refractivity contribution < 1.29 is 17.6 Å². The highest BCUT2D eigenvalue weighted by Crippen LogP contribution is 2.32. The van der Waals surface area contributed by atoms with Gasteiger partial charge in [-0.25, -0.2) is 9.38 Å². The lowest BCUT2D eigenvalue weighted by atomic mass is 10.1. The van der Waals surface area contributed by atoms with Gasteiger partial charge in [-0.15, -0.1) is 24.0 Å². The third-order valence-corrected chi connectivity index (χ3v) is 3.46. The van der Waals surface area contributed by atoms with Gasteiger partial charge in [-0.3, -0.25) is 0 Å². The van der Waals surface area contributed by atoms with Crippen LogP contribution in [0.4, 0.5) is 17.6 Å². The predicted molar refractivity (Wildman–Crippen MR) is 104 cm³/mol. The molecule has 26 heavy (non-hydrogen) atoms.